The van der Waals surface area contributed by atoms with Crippen molar-refractivity contribution in [1.82, 2.24) is 20.4 Å². The molecule has 1 unspecified atom stereocenters. The van der Waals surface area contributed by atoms with Crippen molar-refractivity contribution in [3.63, 3.8) is 0 Å². The summed E-state index contributed by atoms with van der Waals surface area (Å²) in [5.74, 6) is 1.65. The van der Waals surface area contributed by atoms with Crippen molar-refractivity contribution in [2.75, 3.05) is 24.5 Å². The number of anilines is 1. The first-order valence-corrected chi connectivity index (χ1v) is 8.56. The number of hydrogen-bond donors (Lipinski definition) is 1. The van der Waals surface area contributed by atoms with Crippen LogP contribution in [0, 0.1) is 0 Å². The van der Waals surface area contributed by atoms with Crippen LogP contribution in [0.3, 0.4) is 0 Å². The average molecular weight is 330 g/mol. The van der Waals surface area contributed by atoms with Crippen LogP contribution in [0.2, 0.25) is 0 Å². The number of rotatable bonds is 3. The van der Waals surface area contributed by atoms with E-state index in [0.29, 0.717) is 5.92 Å². The van der Waals surface area contributed by atoms with Crippen LogP contribution in [0.5, 0.6) is 0 Å². The molecule has 5 rings (SSSR count). The largest absolute Gasteiger partial charge is 0.355 e. The topological polar surface area (TPSA) is 66.3 Å². The first-order chi connectivity index (χ1) is 12.4. The van der Waals surface area contributed by atoms with Gasteiger partial charge in [0.25, 0.3) is 0 Å². The van der Waals surface area contributed by atoms with Crippen LogP contribution < -0.4 is 10.3 Å². The molecule has 3 aromatic rings. The number of aromatic nitrogens is 3. The molecule has 4 heterocycles. The number of pyridine rings is 1. The molecule has 0 spiro atoms. The lowest BCUT2D eigenvalue weighted by Gasteiger charge is -2.40. The Hall–Kier alpha value is -3.02. The van der Waals surface area contributed by atoms with E-state index in [2.05, 4.69) is 49.7 Å². The molecule has 0 radical (unpaired) electrons. The molecule has 0 amide bonds. The summed E-state index contributed by atoms with van der Waals surface area (Å²) in [6.07, 6.45) is 5.48. The monoisotopic (exact) mass is 330 g/mol. The highest BCUT2D eigenvalue weighted by molar-refractivity contribution is 5.80. The lowest BCUT2D eigenvalue weighted by Crippen LogP contribution is -2.46. The summed E-state index contributed by atoms with van der Waals surface area (Å²) >= 11 is 0. The summed E-state index contributed by atoms with van der Waals surface area (Å²) in [5, 5.41) is 5.29. The second-order valence-corrected chi connectivity index (χ2v) is 6.54. The summed E-state index contributed by atoms with van der Waals surface area (Å²) in [6, 6.07) is 12.5. The Morgan fingerprint density at radius 1 is 0.960 bits per heavy atom. The minimum absolute atomic E-state index is 0.219. The van der Waals surface area contributed by atoms with Gasteiger partial charge in [-0.15, -0.1) is 0 Å². The maximum atomic E-state index is 4.78. The molecule has 0 saturated carbocycles. The van der Waals surface area contributed by atoms with E-state index < -0.39 is 0 Å². The van der Waals surface area contributed by atoms with Gasteiger partial charge in [0.2, 0.25) is 0 Å². The van der Waals surface area contributed by atoms with Gasteiger partial charge in [0.1, 0.15) is 5.82 Å². The zero-order valence-electron chi connectivity index (χ0n) is 13.7. The second-order valence-electron chi connectivity index (χ2n) is 6.54. The minimum Gasteiger partial charge on any atom is -0.355 e. The minimum atomic E-state index is 0.219. The first kappa shape index (κ1) is 14.3. The maximum absolute atomic E-state index is 4.78. The van der Waals surface area contributed by atoms with Crippen LogP contribution in [-0.2, 0) is 0 Å². The van der Waals surface area contributed by atoms with Crippen molar-refractivity contribution < 1.29 is 0 Å². The van der Waals surface area contributed by atoms with E-state index in [-0.39, 0.29) is 5.92 Å². The Morgan fingerprint density at radius 3 is 2.64 bits per heavy atom. The number of fused-ring (bicyclic) bond motifs is 1. The van der Waals surface area contributed by atoms with Gasteiger partial charge in [-0.2, -0.15) is 5.10 Å². The lowest BCUT2D eigenvalue weighted by molar-refractivity contribution is 0.501. The highest BCUT2D eigenvalue weighted by Crippen LogP contribution is 2.33. The Kier molecular flexibility index (Phi) is 3.33. The van der Waals surface area contributed by atoms with E-state index in [1.54, 1.807) is 12.4 Å². The quantitative estimate of drug-likeness (QED) is 0.798. The smallest absolute Gasteiger partial charge is 0.129 e. The average Bonchev–Trinajstić information content (AvgIpc) is 3.15. The molecule has 1 aromatic carbocycles. The van der Waals surface area contributed by atoms with Crippen LogP contribution in [0.4, 0.5) is 5.82 Å². The maximum Gasteiger partial charge on any atom is 0.129 e. The number of hydrazone groups is 1. The predicted molar refractivity (Wildman–Crippen MR) is 98.0 cm³/mol. The first-order valence-electron chi connectivity index (χ1n) is 8.56. The second kappa shape index (κ2) is 5.81. The van der Waals surface area contributed by atoms with Crippen molar-refractivity contribution in [2.24, 2.45) is 5.10 Å². The number of nitrogens with one attached hydrogen (secondary N) is 1. The number of nitrogens with zero attached hydrogens (tertiary/aromatic N) is 5. The van der Waals surface area contributed by atoms with Crippen molar-refractivity contribution in [1.29, 1.82) is 0 Å². The van der Waals surface area contributed by atoms with Crippen LogP contribution in [0.1, 0.15) is 23.2 Å². The zero-order chi connectivity index (χ0) is 16.6. The van der Waals surface area contributed by atoms with Crippen LogP contribution in [0.15, 0.2) is 53.9 Å². The molecule has 1 fully saturated rings. The van der Waals surface area contributed by atoms with Gasteiger partial charge in [-0.05, 0) is 18.2 Å². The summed E-state index contributed by atoms with van der Waals surface area (Å²) < 4.78 is 0. The third-order valence-corrected chi connectivity index (χ3v) is 4.94. The van der Waals surface area contributed by atoms with E-state index in [4.69, 9.17) is 4.98 Å². The molecule has 0 aliphatic carbocycles. The van der Waals surface area contributed by atoms with Crippen LogP contribution in [-0.4, -0.2) is 40.8 Å². The predicted octanol–water partition coefficient (Wildman–Crippen LogP) is 2.30. The Labute approximate surface area is 145 Å². The van der Waals surface area contributed by atoms with Gasteiger partial charge in [0.15, 0.2) is 0 Å². The number of benzene rings is 1. The molecule has 2 aromatic heterocycles. The van der Waals surface area contributed by atoms with Gasteiger partial charge in [0.05, 0.1) is 22.8 Å². The van der Waals surface area contributed by atoms with Gasteiger partial charge in [-0.1, -0.05) is 18.2 Å². The summed E-state index contributed by atoms with van der Waals surface area (Å²) in [7, 11) is 0. The van der Waals surface area contributed by atoms with Crippen molar-refractivity contribution >= 4 is 22.9 Å². The number of hydrogen-bond acceptors (Lipinski definition) is 6. The SMILES string of the molecule is C1=NNCC1c1nccnc1C1CN(c2ccc3ccccc3n2)C1. The molecule has 25 heavy (non-hydrogen) atoms. The number of para-hydroxylation sites is 1. The highest BCUT2D eigenvalue weighted by Gasteiger charge is 2.34. The van der Waals surface area contributed by atoms with Gasteiger partial charge in [-0.3, -0.25) is 9.97 Å². The Morgan fingerprint density at radius 2 is 1.80 bits per heavy atom. The fourth-order valence-electron chi connectivity index (χ4n) is 3.54. The van der Waals surface area contributed by atoms with Gasteiger partial charge < -0.3 is 10.3 Å². The molecular weight excluding hydrogens is 312 g/mol. The van der Waals surface area contributed by atoms with E-state index in [9.17, 15) is 0 Å². The van der Waals surface area contributed by atoms with E-state index in [0.717, 1.165) is 42.4 Å². The fraction of sp³-hybridized carbons (Fsp3) is 0.263. The molecule has 1 saturated heterocycles. The van der Waals surface area contributed by atoms with Gasteiger partial charge >= 0.3 is 0 Å². The molecule has 1 atom stereocenters. The van der Waals surface area contributed by atoms with Crippen molar-refractivity contribution in [3.05, 3.63) is 60.2 Å². The zero-order valence-corrected chi connectivity index (χ0v) is 13.7. The Balaban J connectivity index is 1.37. The summed E-state index contributed by atoms with van der Waals surface area (Å²) in [4.78, 5) is 16.3. The Bertz CT molecular complexity index is 947. The third kappa shape index (κ3) is 2.50. The van der Waals surface area contributed by atoms with Crippen LogP contribution in [0.25, 0.3) is 10.9 Å². The summed E-state index contributed by atoms with van der Waals surface area (Å²) in [6.45, 7) is 2.65. The van der Waals surface area contributed by atoms with E-state index >= 15 is 0 Å². The van der Waals surface area contributed by atoms with Gasteiger partial charge in [-0.25, -0.2) is 4.98 Å². The summed E-state index contributed by atoms with van der Waals surface area (Å²) in [5.41, 5.74) is 6.19. The lowest BCUT2D eigenvalue weighted by atomic mass is 9.90. The molecule has 0 bridgehead atoms. The third-order valence-electron chi connectivity index (χ3n) is 4.94. The van der Waals surface area contributed by atoms with Gasteiger partial charge in [0, 0.05) is 49.5 Å². The highest BCUT2D eigenvalue weighted by atomic mass is 15.3. The molecule has 1 N–H and O–H groups in total. The fourth-order valence-corrected chi connectivity index (χ4v) is 3.54. The molecule has 124 valence electrons. The molecule has 2 aliphatic heterocycles. The van der Waals surface area contributed by atoms with Crippen molar-refractivity contribution in [2.45, 2.75) is 11.8 Å². The molecule has 6 nitrogen and oxygen atoms in total. The van der Waals surface area contributed by atoms with Crippen LogP contribution >= 0.6 is 0 Å². The molecular formula is C19H18N6. The standard InChI is InChI=1S/C19H18N6/c1-2-4-16-13(3-1)5-6-17(24-16)25-11-15(12-25)19-18(20-7-8-21-19)14-9-22-23-10-14/h1-9,14-15,23H,10-12H2. The van der Waals surface area contributed by atoms with E-state index in [1.165, 1.54) is 5.39 Å². The molecule has 6 heteroatoms. The van der Waals surface area contributed by atoms with Crippen molar-refractivity contribution in [3.8, 4) is 0 Å². The normalized spacial score (nSPS) is 19.8. The molecule has 2 aliphatic rings. The van der Waals surface area contributed by atoms with E-state index in [1.807, 2.05) is 18.3 Å².